The maximum Gasteiger partial charge on any atom is 0.271 e. The quantitative estimate of drug-likeness (QED) is 0.756. The van der Waals surface area contributed by atoms with Crippen LogP contribution in [0.1, 0.15) is 27.7 Å². The zero-order valence-electron chi connectivity index (χ0n) is 15.5. The number of rotatable bonds is 5. The Morgan fingerprint density at radius 2 is 2.04 bits per heavy atom. The minimum absolute atomic E-state index is 0.0632. The molecule has 0 bridgehead atoms. The van der Waals surface area contributed by atoms with Crippen LogP contribution in [0.15, 0.2) is 48.7 Å². The normalized spacial score (nSPS) is 14.0. The molecule has 1 N–H and O–H groups in total. The molecular formula is C21H22N4O2. The molecule has 6 heteroatoms. The summed E-state index contributed by atoms with van der Waals surface area (Å²) in [5.74, 6) is 0.747. The van der Waals surface area contributed by atoms with E-state index >= 15 is 0 Å². The molecule has 4 rings (SSSR count). The number of nitrogens with zero attached hydrogens (tertiary/aromatic N) is 3. The van der Waals surface area contributed by atoms with Crippen molar-refractivity contribution >= 4 is 16.9 Å². The van der Waals surface area contributed by atoms with E-state index in [0.29, 0.717) is 17.8 Å². The Hall–Kier alpha value is -2.99. The molecule has 138 valence electrons. The molecular weight excluding hydrogens is 340 g/mol. The van der Waals surface area contributed by atoms with Gasteiger partial charge in [-0.15, -0.1) is 0 Å². The minimum Gasteiger partial charge on any atom is -0.493 e. The lowest BCUT2D eigenvalue weighted by molar-refractivity contribution is 0.0937. The van der Waals surface area contributed by atoms with Crippen LogP contribution in [0.4, 0.5) is 0 Å². The first kappa shape index (κ1) is 17.4. The molecule has 0 saturated heterocycles. The van der Waals surface area contributed by atoms with Gasteiger partial charge in [0.15, 0.2) is 0 Å². The molecule has 0 aliphatic carbocycles. The highest BCUT2D eigenvalue weighted by atomic mass is 16.5. The van der Waals surface area contributed by atoms with Crippen LogP contribution < -0.4 is 10.1 Å². The number of para-hydroxylation sites is 2. The van der Waals surface area contributed by atoms with E-state index in [0.717, 1.165) is 29.9 Å². The topological polar surface area (TPSA) is 67.4 Å². The number of benzene rings is 2. The Balaban J connectivity index is 1.49. The number of ether oxygens (including phenoxy) is 1. The van der Waals surface area contributed by atoms with Gasteiger partial charge in [0.05, 0.1) is 29.9 Å². The fraction of sp³-hybridized carbons (Fsp3) is 0.286. The maximum atomic E-state index is 12.6. The van der Waals surface area contributed by atoms with Crippen molar-refractivity contribution in [1.29, 1.82) is 0 Å². The summed E-state index contributed by atoms with van der Waals surface area (Å²) in [6.45, 7) is 1.22. The number of aromatic nitrogens is 2. The van der Waals surface area contributed by atoms with E-state index in [1.54, 1.807) is 0 Å². The van der Waals surface area contributed by atoms with Crippen molar-refractivity contribution in [2.45, 2.75) is 12.5 Å². The highest BCUT2D eigenvalue weighted by molar-refractivity contribution is 5.93. The Morgan fingerprint density at radius 1 is 1.22 bits per heavy atom. The molecule has 1 aromatic heterocycles. The number of hydrogen-bond acceptors (Lipinski definition) is 5. The summed E-state index contributed by atoms with van der Waals surface area (Å²) in [6, 6.07) is 13.8. The summed E-state index contributed by atoms with van der Waals surface area (Å²) in [4.78, 5) is 23.4. The van der Waals surface area contributed by atoms with Gasteiger partial charge < -0.3 is 15.0 Å². The van der Waals surface area contributed by atoms with E-state index in [1.165, 1.54) is 11.8 Å². The average molecular weight is 362 g/mol. The van der Waals surface area contributed by atoms with Crippen molar-refractivity contribution in [3.05, 3.63) is 65.5 Å². The molecule has 0 radical (unpaired) electrons. The van der Waals surface area contributed by atoms with Crippen LogP contribution >= 0.6 is 0 Å². The van der Waals surface area contributed by atoms with Crippen molar-refractivity contribution in [3.63, 3.8) is 0 Å². The first-order valence-corrected chi connectivity index (χ1v) is 9.04. The van der Waals surface area contributed by atoms with E-state index in [9.17, 15) is 4.79 Å². The summed E-state index contributed by atoms with van der Waals surface area (Å²) in [5.41, 5.74) is 4.21. The predicted octanol–water partition coefficient (Wildman–Crippen LogP) is 2.60. The number of hydrogen-bond donors (Lipinski definition) is 1. The number of amides is 1. The van der Waals surface area contributed by atoms with Crippen LogP contribution in [-0.2, 0) is 6.42 Å². The van der Waals surface area contributed by atoms with E-state index in [1.807, 2.05) is 44.4 Å². The summed E-state index contributed by atoms with van der Waals surface area (Å²) >= 11 is 0. The standard InChI is InChI=1S/C21H22N4O2/c1-25(2)19(14-7-8-20-15(11-14)9-10-27-20)13-23-21(26)18-12-22-16-5-3-4-6-17(16)24-18/h3-8,11-12,19H,9-10,13H2,1-2H3,(H,23,26). The lowest BCUT2D eigenvalue weighted by Crippen LogP contribution is -2.35. The number of carbonyl (C=O) groups excluding carboxylic acids is 1. The molecule has 1 atom stereocenters. The third-order valence-electron chi connectivity index (χ3n) is 4.86. The van der Waals surface area contributed by atoms with Gasteiger partial charge in [-0.3, -0.25) is 9.78 Å². The first-order chi connectivity index (χ1) is 13.1. The number of likely N-dealkylation sites (N-methyl/N-ethyl adjacent to an activating group) is 1. The van der Waals surface area contributed by atoms with Crippen molar-refractivity contribution in [2.75, 3.05) is 27.2 Å². The molecule has 6 nitrogen and oxygen atoms in total. The minimum atomic E-state index is -0.218. The largest absolute Gasteiger partial charge is 0.493 e. The second kappa shape index (κ2) is 7.32. The molecule has 27 heavy (non-hydrogen) atoms. The van der Waals surface area contributed by atoms with Gasteiger partial charge in [-0.2, -0.15) is 0 Å². The molecule has 0 saturated carbocycles. The molecule has 0 spiro atoms. The smallest absolute Gasteiger partial charge is 0.271 e. The van der Waals surface area contributed by atoms with Crippen LogP contribution in [0, 0.1) is 0 Å². The summed E-state index contributed by atoms with van der Waals surface area (Å²) in [5, 5.41) is 3.00. The van der Waals surface area contributed by atoms with Crippen LogP contribution in [-0.4, -0.2) is 48.0 Å². The van der Waals surface area contributed by atoms with Gasteiger partial charge in [0.2, 0.25) is 0 Å². The molecule has 1 unspecified atom stereocenters. The van der Waals surface area contributed by atoms with E-state index in [-0.39, 0.29) is 11.9 Å². The van der Waals surface area contributed by atoms with Gasteiger partial charge in [0, 0.05) is 13.0 Å². The molecule has 2 heterocycles. The Bertz CT molecular complexity index is 987. The number of fused-ring (bicyclic) bond motifs is 2. The van der Waals surface area contributed by atoms with Gasteiger partial charge in [0.1, 0.15) is 11.4 Å². The van der Waals surface area contributed by atoms with Gasteiger partial charge in [-0.25, -0.2) is 4.98 Å². The number of nitrogens with one attached hydrogen (secondary N) is 1. The zero-order chi connectivity index (χ0) is 18.8. The van der Waals surface area contributed by atoms with Crippen LogP contribution in [0.5, 0.6) is 5.75 Å². The molecule has 2 aromatic carbocycles. The second-order valence-electron chi connectivity index (χ2n) is 6.90. The highest BCUT2D eigenvalue weighted by Gasteiger charge is 2.20. The van der Waals surface area contributed by atoms with Gasteiger partial charge in [-0.05, 0) is 43.4 Å². The molecule has 1 aliphatic rings. The van der Waals surface area contributed by atoms with Crippen LogP contribution in [0.2, 0.25) is 0 Å². The lowest BCUT2D eigenvalue weighted by atomic mass is 10.0. The van der Waals surface area contributed by atoms with E-state index < -0.39 is 0 Å². The molecule has 1 amide bonds. The van der Waals surface area contributed by atoms with Crippen molar-refractivity contribution in [3.8, 4) is 5.75 Å². The summed E-state index contributed by atoms with van der Waals surface area (Å²) in [7, 11) is 4.02. The SMILES string of the molecule is CN(C)C(CNC(=O)c1cnc2ccccc2n1)c1ccc2c(c1)CCO2. The Labute approximate surface area is 158 Å². The lowest BCUT2D eigenvalue weighted by Gasteiger charge is -2.25. The average Bonchev–Trinajstić information content (AvgIpc) is 3.15. The zero-order valence-corrected chi connectivity index (χ0v) is 15.5. The van der Waals surface area contributed by atoms with E-state index in [4.69, 9.17) is 4.74 Å². The molecule has 1 aliphatic heterocycles. The molecule has 3 aromatic rings. The van der Waals surface area contributed by atoms with Gasteiger partial charge >= 0.3 is 0 Å². The number of carbonyl (C=O) groups is 1. The third-order valence-corrected chi connectivity index (χ3v) is 4.86. The van der Waals surface area contributed by atoms with Gasteiger partial charge in [0.25, 0.3) is 5.91 Å². The summed E-state index contributed by atoms with van der Waals surface area (Å²) in [6.07, 6.45) is 2.46. The predicted molar refractivity (Wildman–Crippen MR) is 104 cm³/mol. The fourth-order valence-corrected chi connectivity index (χ4v) is 3.36. The fourth-order valence-electron chi connectivity index (χ4n) is 3.36. The maximum absolute atomic E-state index is 12.6. The third kappa shape index (κ3) is 3.61. The van der Waals surface area contributed by atoms with Crippen molar-refractivity contribution in [2.24, 2.45) is 0 Å². The van der Waals surface area contributed by atoms with Crippen LogP contribution in [0.3, 0.4) is 0 Å². The monoisotopic (exact) mass is 362 g/mol. The molecule has 0 fully saturated rings. The highest BCUT2D eigenvalue weighted by Crippen LogP contribution is 2.29. The first-order valence-electron chi connectivity index (χ1n) is 9.04. The summed E-state index contributed by atoms with van der Waals surface area (Å²) < 4.78 is 5.59. The van der Waals surface area contributed by atoms with Crippen molar-refractivity contribution in [1.82, 2.24) is 20.2 Å². The van der Waals surface area contributed by atoms with Crippen molar-refractivity contribution < 1.29 is 9.53 Å². The van der Waals surface area contributed by atoms with E-state index in [2.05, 4.69) is 32.3 Å². The Morgan fingerprint density at radius 3 is 2.85 bits per heavy atom. The van der Waals surface area contributed by atoms with Crippen LogP contribution in [0.25, 0.3) is 11.0 Å². The van der Waals surface area contributed by atoms with Gasteiger partial charge in [-0.1, -0.05) is 24.3 Å². The second-order valence-corrected chi connectivity index (χ2v) is 6.90. The Kier molecular flexibility index (Phi) is 4.73.